The van der Waals surface area contributed by atoms with Gasteiger partial charge in [0.15, 0.2) is 0 Å². The topological polar surface area (TPSA) is 24.7 Å². The molecule has 3 heteroatoms. The summed E-state index contributed by atoms with van der Waals surface area (Å²) in [6.07, 6.45) is 7.32. The number of nitrogens with zero attached hydrogens (tertiary/aromatic N) is 2. The number of allylic oxidation sites excluding steroid dienone is 1. The summed E-state index contributed by atoms with van der Waals surface area (Å²) < 4.78 is 0. The minimum atomic E-state index is 0.304. The summed E-state index contributed by atoms with van der Waals surface area (Å²) in [7, 11) is 0. The first-order valence-electron chi connectivity index (χ1n) is 5.23. The van der Waals surface area contributed by atoms with Crippen molar-refractivity contribution in [2.45, 2.75) is 43.1 Å². The molecule has 4 atom stereocenters. The smallest absolute Gasteiger partial charge is 0.0858 e. The highest BCUT2D eigenvalue weighted by Gasteiger charge is 2.33. The van der Waals surface area contributed by atoms with Gasteiger partial charge in [-0.15, -0.1) is 0 Å². The van der Waals surface area contributed by atoms with Crippen molar-refractivity contribution in [3.63, 3.8) is 0 Å². The molecule has 1 aliphatic heterocycles. The van der Waals surface area contributed by atoms with E-state index in [2.05, 4.69) is 38.7 Å². The van der Waals surface area contributed by atoms with Gasteiger partial charge >= 0.3 is 0 Å². The van der Waals surface area contributed by atoms with E-state index in [9.17, 15) is 0 Å². The Morgan fingerprint density at radius 3 is 3.14 bits per heavy atom. The predicted octanol–water partition coefficient (Wildman–Crippen LogP) is 2.62. The van der Waals surface area contributed by atoms with Crippen molar-refractivity contribution < 1.29 is 0 Å². The third kappa shape index (κ3) is 1.99. The van der Waals surface area contributed by atoms with Gasteiger partial charge in [0.2, 0.25) is 0 Å². The van der Waals surface area contributed by atoms with Gasteiger partial charge in [-0.05, 0) is 24.6 Å². The standard InChI is InChI=1S/C11H15BrN2/c1-8-4-2-5-9-11(10(8)12)14-7-3-6-13-9/h3,7-11H,2,4-5H2,1H3. The summed E-state index contributed by atoms with van der Waals surface area (Å²) in [4.78, 5) is 9.44. The maximum atomic E-state index is 4.55. The Bertz CT molecular complexity index is 292. The third-order valence-corrected chi connectivity index (χ3v) is 4.52. The number of rotatable bonds is 0. The Balaban J connectivity index is 2.24. The molecule has 0 bridgehead atoms. The quantitative estimate of drug-likeness (QED) is 0.594. The summed E-state index contributed by atoms with van der Waals surface area (Å²) in [6, 6.07) is 0.637. The SMILES string of the molecule is CC1CCCC2N=C=CC=NC2C1Br. The Kier molecular flexibility index (Phi) is 3.19. The van der Waals surface area contributed by atoms with Gasteiger partial charge < -0.3 is 0 Å². The first-order valence-corrected chi connectivity index (χ1v) is 6.15. The van der Waals surface area contributed by atoms with E-state index in [1.165, 1.54) is 12.8 Å². The monoisotopic (exact) mass is 254 g/mol. The zero-order chi connectivity index (χ0) is 9.97. The molecule has 0 aromatic carbocycles. The Hall–Kier alpha value is -0.400. The Morgan fingerprint density at radius 2 is 2.29 bits per heavy atom. The lowest BCUT2D eigenvalue weighted by molar-refractivity contribution is 0.473. The van der Waals surface area contributed by atoms with E-state index in [0.717, 1.165) is 6.42 Å². The second kappa shape index (κ2) is 4.41. The molecule has 14 heavy (non-hydrogen) atoms. The van der Waals surface area contributed by atoms with E-state index < -0.39 is 0 Å². The first-order chi connectivity index (χ1) is 6.79. The molecule has 0 saturated heterocycles. The molecule has 0 radical (unpaired) electrons. The number of fused-ring (bicyclic) bond motifs is 1. The van der Waals surface area contributed by atoms with E-state index in [1.807, 2.05) is 6.21 Å². The van der Waals surface area contributed by atoms with Crippen LogP contribution in [0.15, 0.2) is 16.1 Å². The third-order valence-electron chi connectivity index (χ3n) is 3.07. The molecule has 1 fully saturated rings. The number of halogens is 1. The maximum Gasteiger partial charge on any atom is 0.0858 e. The molecule has 0 N–H and O–H groups in total. The van der Waals surface area contributed by atoms with Gasteiger partial charge in [-0.2, -0.15) is 0 Å². The summed E-state index contributed by atoms with van der Waals surface area (Å²) in [5.74, 6) is 3.63. The van der Waals surface area contributed by atoms with Crippen LogP contribution < -0.4 is 0 Å². The van der Waals surface area contributed by atoms with Crippen LogP contribution in [0.5, 0.6) is 0 Å². The zero-order valence-electron chi connectivity index (χ0n) is 8.36. The molecule has 2 aliphatic rings. The maximum absolute atomic E-state index is 4.55. The molecule has 2 nitrogen and oxygen atoms in total. The number of hydrogen-bond acceptors (Lipinski definition) is 2. The number of hydrogen-bond donors (Lipinski definition) is 0. The number of aliphatic imine (C=N–C) groups is 2. The van der Waals surface area contributed by atoms with Crippen LogP contribution in [0.3, 0.4) is 0 Å². The highest BCUT2D eigenvalue weighted by Crippen LogP contribution is 2.32. The Morgan fingerprint density at radius 1 is 1.43 bits per heavy atom. The molecule has 1 aliphatic carbocycles. The average molecular weight is 255 g/mol. The van der Waals surface area contributed by atoms with Crippen molar-refractivity contribution in [2.24, 2.45) is 15.9 Å². The summed E-state index contributed by atoms with van der Waals surface area (Å²) in [5.41, 5.74) is 0. The zero-order valence-corrected chi connectivity index (χ0v) is 9.94. The van der Waals surface area contributed by atoms with Crippen molar-refractivity contribution in [2.75, 3.05) is 0 Å². The van der Waals surface area contributed by atoms with E-state index in [0.29, 0.717) is 22.8 Å². The minimum Gasteiger partial charge on any atom is -0.286 e. The average Bonchev–Trinajstić information content (AvgIpc) is 2.46. The van der Waals surface area contributed by atoms with Crippen LogP contribution >= 0.6 is 15.9 Å². The Labute approximate surface area is 93.3 Å². The number of alkyl halides is 1. The summed E-state index contributed by atoms with van der Waals surface area (Å²) >= 11 is 3.76. The van der Waals surface area contributed by atoms with E-state index in [4.69, 9.17) is 0 Å². The lowest BCUT2D eigenvalue weighted by atomic mass is 9.99. The predicted molar refractivity (Wildman–Crippen MR) is 63.8 cm³/mol. The van der Waals surface area contributed by atoms with Crippen molar-refractivity contribution in [3.05, 3.63) is 6.08 Å². The molecule has 2 rings (SSSR count). The van der Waals surface area contributed by atoms with Crippen LogP contribution in [0, 0.1) is 5.92 Å². The lowest BCUT2D eigenvalue weighted by Gasteiger charge is -2.23. The minimum absolute atomic E-state index is 0.304. The second-order valence-corrected chi connectivity index (χ2v) is 5.19. The van der Waals surface area contributed by atoms with Crippen molar-refractivity contribution >= 4 is 28.0 Å². The fourth-order valence-corrected chi connectivity index (χ4v) is 2.92. The molecular formula is C11H15BrN2. The van der Waals surface area contributed by atoms with Gasteiger partial charge in [0.1, 0.15) is 0 Å². The molecule has 1 saturated carbocycles. The van der Waals surface area contributed by atoms with Crippen LogP contribution in [0.1, 0.15) is 26.2 Å². The van der Waals surface area contributed by atoms with Crippen molar-refractivity contribution in [1.82, 2.24) is 0 Å². The van der Waals surface area contributed by atoms with Gasteiger partial charge in [0.25, 0.3) is 0 Å². The van der Waals surface area contributed by atoms with Crippen LogP contribution in [-0.2, 0) is 0 Å². The molecule has 0 aromatic rings. The molecule has 0 aromatic heterocycles. The van der Waals surface area contributed by atoms with Gasteiger partial charge in [0.05, 0.1) is 12.1 Å². The molecule has 4 unspecified atom stereocenters. The van der Waals surface area contributed by atoms with Crippen molar-refractivity contribution in [1.29, 1.82) is 0 Å². The van der Waals surface area contributed by atoms with Crippen LogP contribution in [-0.4, -0.2) is 29.0 Å². The first kappa shape index (κ1) is 10.1. The van der Waals surface area contributed by atoms with Crippen LogP contribution in [0.4, 0.5) is 0 Å². The summed E-state index contributed by atoms with van der Waals surface area (Å²) in [6.45, 7) is 2.29. The van der Waals surface area contributed by atoms with E-state index >= 15 is 0 Å². The summed E-state index contributed by atoms with van der Waals surface area (Å²) in [5, 5.41) is 0. The van der Waals surface area contributed by atoms with Crippen molar-refractivity contribution in [3.8, 4) is 0 Å². The van der Waals surface area contributed by atoms with Gasteiger partial charge in [-0.25, -0.2) is 4.99 Å². The second-order valence-electron chi connectivity index (χ2n) is 4.13. The molecule has 0 amide bonds. The van der Waals surface area contributed by atoms with Gasteiger partial charge in [0, 0.05) is 17.1 Å². The molecule has 1 heterocycles. The highest BCUT2D eigenvalue weighted by atomic mass is 79.9. The molecular weight excluding hydrogens is 240 g/mol. The van der Waals surface area contributed by atoms with Gasteiger partial charge in [-0.3, -0.25) is 4.99 Å². The van der Waals surface area contributed by atoms with Crippen LogP contribution in [0.25, 0.3) is 0 Å². The van der Waals surface area contributed by atoms with E-state index in [-0.39, 0.29) is 0 Å². The van der Waals surface area contributed by atoms with E-state index in [1.54, 1.807) is 6.08 Å². The normalized spacial score (nSPS) is 41.6. The molecule has 76 valence electrons. The fraction of sp³-hybridized carbons (Fsp3) is 0.727. The molecule has 0 spiro atoms. The largest absolute Gasteiger partial charge is 0.286 e. The van der Waals surface area contributed by atoms with Gasteiger partial charge in [-0.1, -0.05) is 29.3 Å². The highest BCUT2D eigenvalue weighted by molar-refractivity contribution is 9.09. The lowest BCUT2D eigenvalue weighted by Crippen LogP contribution is -2.32. The fourth-order valence-electron chi connectivity index (χ4n) is 2.16. The van der Waals surface area contributed by atoms with Crippen LogP contribution in [0.2, 0.25) is 0 Å².